The lowest BCUT2D eigenvalue weighted by atomic mass is 9.86. The molecule has 0 saturated carbocycles. The number of rotatable bonds is 7. The molecule has 2 rings (SSSR count). The van der Waals surface area contributed by atoms with Gasteiger partial charge in [0, 0.05) is 5.69 Å². The number of ether oxygens (including phenoxy) is 1. The van der Waals surface area contributed by atoms with E-state index in [2.05, 4.69) is 5.32 Å². The summed E-state index contributed by atoms with van der Waals surface area (Å²) < 4.78 is 18.3. The number of anilines is 1. The number of benzene rings is 2. The van der Waals surface area contributed by atoms with Gasteiger partial charge in [-0.2, -0.15) is 0 Å². The van der Waals surface area contributed by atoms with Crippen molar-refractivity contribution in [2.24, 2.45) is 5.92 Å². The van der Waals surface area contributed by atoms with Crippen molar-refractivity contribution in [3.63, 3.8) is 0 Å². The Labute approximate surface area is 147 Å². The first-order valence-electron chi connectivity index (χ1n) is 8.28. The highest BCUT2D eigenvalue weighted by Crippen LogP contribution is 2.28. The van der Waals surface area contributed by atoms with E-state index in [9.17, 15) is 14.0 Å². The van der Waals surface area contributed by atoms with Crippen LogP contribution in [0.3, 0.4) is 0 Å². The van der Waals surface area contributed by atoms with Crippen LogP contribution in [0.4, 0.5) is 10.1 Å². The van der Waals surface area contributed by atoms with Crippen molar-refractivity contribution < 1.29 is 18.7 Å². The summed E-state index contributed by atoms with van der Waals surface area (Å²) in [5.74, 6) is -1.73. The van der Waals surface area contributed by atoms with Crippen LogP contribution >= 0.6 is 0 Å². The van der Waals surface area contributed by atoms with E-state index in [-0.39, 0.29) is 5.92 Å². The Morgan fingerprint density at radius 2 is 1.84 bits per heavy atom. The average molecular weight is 343 g/mol. The van der Waals surface area contributed by atoms with Gasteiger partial charge in [-0.1, -0.05) is 56.7 Å². The summed E-state index contributed by atoms with van der Waals surface area (Å²) in [6, 6.07) is 14.9. The van der Waals surface area contributed by atoms with E-state index in [1.165, 1.54) is 18.2 Å². The lowest BCUT2D eigenvalue weighted by molar-refractivity contribution is -0.150. The molecule has 0 saturated heterocycles. The van der Waals surface area contributed by atoms with Gasteiger partial charge in [0.1, 0.15) is 5.82 Å². The van der Waals surface area contributed by atoms with Crippen molar-refractivity contribution in [3.05, 3.63) is 66.0 Å². The highest BCUT2D eigenvalue weighted by Gasteiger charge is 2.27. The van der Waals surface area contributed by atoms with E-state index in [1.54, 1.807) is 6.07 Å². The highest BCUT2D eigenvalue weighted by molar-refractivity contribution is 5.93. The van der Waals surface area contributed by atoms with Gasteiger partial charge in [-0.15, -0.1) is 0 Å². The Morgan fingerprint density at radius 3 is 2.48 bits per heavy atom. The molecule has 0 aliphatic heterocycles. The Kier molecular flexibility index (Phi) is 6.69. The van der Waals surface area contributed by atoms with Crippen LogP contribution in [0.2, 0.25) is 0 Å². The monoisotopic (exact) mass is 343 g/mol. The van der Waals surface area contributed by atoms with Crippen molar-refractivity contribution in [3.8, 4) is 0 Å². The maximum absolute atomic E-state index is 13.1. The van der Waals surface area contributed by atoms with Gasteiger partial charge in [0.05, 0.1) is 5.92 Å². The van der Waals surface area contributed by atoms with Crippen LogP contribution in [-0.4, -0.2) is 18.5 Å². The summed E-state index contributed by atoms with van der Waals surface area (Å²) in [4.78, 5) is 24.4. The molecular weight excluding hydrogens is 321 g/mol. The number of nitrogens with one attached hydrogen (secondary N) is 1. The molecule has 0 fully saturated rings. The molecule has 0 unspecified atom stereocenters. The Hall–Kier alpha value is -2.69. The maximum atomic E-state index is 13.1. The van der Waals surface area contributed by atoms with E-state index in [4.69, 9.17) is 4.74 Å². The molecule has 132 valence electrons. The average Bonchev–Trinajstić information content (AvgIpc) is 2.61. The zero-order valence-electron chi connectivity index (χ0n) is 14.4. The quantitative estimate of drug-likeness (QED) is 0.769. The first-order chi connectivity index (χ1) is 12.0. The summed E-state index contributed by atoms with van der Waals surface area (Å²) in [7, 11) is 0. The third kappa shape index (κ3) is 5.41. The number of esters is 1. The van der Waals surface area contributed by atoms with Crippen molar-refractivity contribution in [2.45, 2.75) is 26.2 Å². The minimum Gasteiger partial charge on any atom is -0.455 e. The zero-order chi connectivity index (χ0) is 18.2. The second kappa shape index (κ2) is 8.97. The second-order valence-corrected chi connectivity index (χ2v) is 5.94. The first-order valence-corrected chi connectivity index (χ1v) is 8.28. The van der Waals surface area contributed by atoms with Gasteiger partial charge in [0.25, 0.3) is 5.91 Å². The van der Waals surface area contributed by atoms with Gasteiger partial charge in [0.2, 0.25) is 0 Å². The van der Waals surface area contributed by atoms with Crippen LogP contribution in [0, 0.1) is 11.7 Å². The smallest absolute Gasteiger partial charge is 0.314 e. The van der Waals surface area contributed by atoms with Crippen molar-refractivity contribution >= 4 is 17.6 Å². The van der Waals surface area contributed by atoms with Crippen LogP contribution in [-0.2, 0) is 14.3 Å². The van der Waals surface area contributed by atoms with E-state index in [0.717, 1.165) is 12.0 Å². The molecule has 0 bridgehead atoms. The number of carbonyl (C=O) groups excluding carboxylic acids is 2. The van der Waals surface area contributed by atoms with Crippen LogP contribution < -0.4 is 5.32 Å². The van der Waals surface area contributed by atoms with E-state index >= 15 is 0 Å². The van der Waals surface area contributed by atoms with Gasteiger partial charge in [-0.05, 0) is 29.7 Å². The predicted octanol–water partition coefficient (Wildman–Crippen LogP) is 4.14. The SMILES string of the molecule is CC[C@@H](C)[C@@H](C(=O)OCC(=O)Nc1cccc(F)c1)c1ccccc1. The molecule has 5 heteroatoms. The molecule has 4 nitrogen and oxygen atoms in total. The van der Waals surface area contributed by atoms with Crippen LogP contribution in [0.15, 0.2) is 54.6 Å². The minimum atomic E-state index is -0.505. The third-order valence-corrected chi connectivity index (χ3v) is 4.08. The van der Waals surface area contributed by atoms with Gasteiger partial charge < -0.3 is 10.1 Å². The summed E-state index contributed by atoms with van der Waals surface area (Å²) in [6.07, 6.45) is 0.810. The molecule has 0 heterocycles. The molecule has 0 radical (unpaired) electrons. The third-order valence-electron chi connectivity index (χ3n) is 4.08. The molecule has 2 aromatic carbocycles. The predicted molar refractivity (Wildman–Crippen MR) is 94.6 cm³/mol. The standard InChI is InChI=1S/C20H22FNO3/c1-3-14(2)19(15-8-5-4-6-9-15)20(24)25-13-18(23)22-17-11-7-10-16(21)12-17/h4-12,14,19H,3,13H2,1-2H3,(H,22,23)/t14-,19-/m1/s1. The molecule has 2 aromatic rings. The number of hydrogen-bond acceptors (Lipinski definition) is 3. The summed E-state index contributed by atoms with van der Waals surface area (Å²) >= 11 is 0. The highest BCUT2D eigenvalue weighted by atomic mass is 19.1. The van der Waals surface area contributed by atoms with Crippen LogP contribution in [0.25, 0.3) is 0 Å². The van der Waals surface area contributed by atoms with Gasteiger partial charge in [-0.25, -0.2) is 4.39 Å². The van der Waals surface area contributed by atoms with E-state index in [0.29, 0.717) is 5.69 Å². The summed E-state index contributed by atoms with van der Waals surface area (Å²) in [5.41, 5.74) is 1.19. The van der Waals surface area contributed by atoms with Crippen LogP contribution in [0.1, 0.15) is 31.7 Å². The fourth-order valence-electron chi connectivity index (χ4n) is 2.58. The molecule has 0 aromatic heterocycles. The summed E-state index contributed by atoms with van der Waals surface area (Å²) in [6.45, 7) is 3.57. The van der Waals surface area contributed by atoms with Crippen molar-refractivity contribution in [2.75, 3.05) is 11.9 Å². The number of halogens is 1. The minimum absolute atomic E-state index is 0.0844. The molecule has 0 aliphatic rings. The second-order valence-electron chi connectivity index (χ2n) is 5.94. The largest absolute Gasteiger partial charge is 0.455 e. The fraction of sp³-hybridized carbons (Fsp3) is 0.300. The lowest BCUT2D eigenvalue weighted by Crippen LogP contribution is -2.26. The molecular formula is C20H22FNO3. The first kappa shape index (κ1) is 18.6. The maximum Gasteiger partial charge on any atom is 0.314 e. The number of hydrogen-bond donors (Lipinski definition) is 1. The molecule has 1 amide bonds. The molecule has 1 N–H and O–H groups in total. The van der Waals surface area contributed by atoms with Crippen LogP contribution in [0.5, 0.6) is 0 Å². The number of amides is 1. The van der Waals surface area contributed by atoms with Gasteiger partial charge >= 0.3 is 5.97 Å². The zero-order valence-corrected chi connectivity index (χ0v) is 14.4. The normalized spacial score (nSPS) is 12.9. The van der Waals surface area contributed by atoms with Crippen molar-refractivity contribution in [1.29, 1.82) is 0 Å². The lowest BCUT2D eigenvalue weighted by Gasteiger charge is -2.21. The molecule has 0 spiro atoms. The fourth-order valence-corrected chi connectivity index (χ4v) is 2.58. The Morgan fingerprint density at radius 1 is 1.12 bits per heavy atom. The summed E-state index contributed by atoms with van der Waals surface area (Å²) in [5, 5.41) is 2.50. The van der Waals surface area contributed by atoms with E-state index in [1.807, 2.05) is 44.2 Å². The van der Waals surface area contributed by atoms with Gasteiger partial charge in [0.15, 0.2) is 6.61 Å². The topological polar surface area (TPSA) is 55.4 Å². The van der Waals surface area contributed by atoms with E-state index < -0.39 is 30.2 Å². The van der Waals surface area contributed by atoms with Crippen molar-refractivity contribution in [1.82, 2.24) is 0 Å². The molecule has 2 atom stereocenters. The number of carbonyl (C=O) groups is 2. The van der Waals surface area contributed by atoms with Gasteiger partial charge in [-0.3, -0.25) is 9.59 Å². The Balaban J connectivity index is 1.97. The molecule has 25 heavy (non-hydrogen) atoms. The molecule has 0 aliphatic carbocycles. The Bertz CT molecular complexity index is 718.